The van der Waals surface area contributed by atoms with E-state index in [9.17, 15) is 9.90 Å². The van der Waals surface area contributed by atoms with Gasteiger partial charge in [-0.15, -0.1) is 0 Å². The SMILES string of the molecule is CC(C)c1ccccc1Sc1c(O)cc(C2(CCCc3ccccc3)CCC2)oc1=O. The van der Waals surface area contributed by atoms with Crippen LogP contribution < -0.4 is 5.63 Å². The molecule has 1 N–H and O–H groups in total. The van der Waals surface area contributed by atoms with Crippen LogP contribution in [0, 0.1) is 0 Å². The van der Waals surface area contributed by atoms with E-state index in [1.54, 1.807) is 6.07 Å². The molecule has 31 heavy (non-hydrogen) atoms. The third kappa shape index (κ3) is 4.74. The minimum absolute atomic E-state index is 0.0316. The van der Waals surface area contributed by atoms with Crippen LogP contribution in [0.3, 0.4) is 0 Å². The van der Waals surface area contributed by atoms with Gasteiger partial charge in [-0.05, 0) is 55.2 Å². The zero-order valence-electron chi connectivity index (χ0n) is 18.3. The van der Waals surface area contributed by atoms with Crippen molar-refractivity contribution in [2.75, 3.05) is 0 Å². The molecule has 3 aromatic rings. The summed E-state index contributed by atoms with van der Waals surface area (Å²) in [6, 6.07) is 20.2. The summed E-state index contributed by atoms with van der Waals surface area (Å²) < 4.78 is 5.84. The second-order valence-electron chi connectivity index (χ2n) is 8.88. The highest BCUT2D eigenvalue weighted by Crippen LogP contribution is 2.48. The largest absolute Gasteiger partial charge is 0.506 e. The van der Waals surface area contributed by atoms with Gasteiger partial charge in [-0.25, -0.2) is 4.79 Å². The molecule has 1 aliphatic carbocycles. The van der Waals surface area contributed by atoms with Gasteiger partial charge in [-0.2, -0.15) is 0 Å². The van der Waals surface area contributed by atoms with Gasteiger partial charge < -0.3 is 9.52 Å². The normalized spacial score (nSPS) is 15.1. The zero-order chi connectivity index (χ0) is 21.8. The van der Waals surface area contributed by atoms with Crippen LogP contribution in [0.2, 0.25) is 0 Å². The lowest BCUT2D eigenvalue weighted by molar-refractivity contribution is 0.171. The van der Waals surface area contributed by atoms with Crippen molar-refractivity contribution in [1.82, 2.24) is 0 Å². The fourth-order valence-electron chi connectivity index (χ4n) is 4.48. The summed E-state index contributed by atoms with van der Waals surface area (Å²) in [5.41, 5.74) is 1.93. The second-order valence-corrected chi connectivity index (χ2v) is 9.93. The summed E-state index contributed by atoms with van der Waals surface area (Å²) in [7, 11) is 0. The molecule has 0 unspecified atom stereocenters. The van der Waals surface area contributed by atoms with Crippen molar-refractivity contribution in [3.05, 3.63) is 88.0 Å². The van der Waals surface area contributed by atoms with Crippen LogP contribution in [-0.2, 0) is 11.8 Å². The van der Waals surface area contributed by atoms with E-state index in [2.05, 4.69) is 44.2 Å². The summed E-state index contributed by atoms with van der Waals surface area (Å²) in [4.78, 5) is 14.1. The summed E-state index contributed by atoms with van der Waals surface area (Å²) in [6.45, 7) is 4.25. The van der Waals surface area contributed by atoms with Crippen LogP contribution in [0.4, 0.5) is 0 Å². The number of benzene rings is 2. The molecule has 0 aliphatic heterocycles. The lowest BCUT2D eigenvalue weighted by Crippen LogP contribution is -2.35. The van der Waals surface area contributed by atoms with E-state index >= 15 is 0 Å². The number of rotatable bonds is 8. The highest BCUT2D eigenvalue weighted by atomic mass is 32.2. The Hall–Kier alpha value is -2.46. The van der Waals surface area contributed by atoms with Gasteiger partial charge in [0.25, 0.3) is 0 Å². The first-order valence-corrected chi connectivity index (χ1v) is 12.0. The Morgan fingerprint density at radius 1 is 1.06 bits per heavy atom. The molecule has 0 spiro atoms. The number of aromatic hydroxyl groups is 1. The Morgan fingerprint density at radius 2 is 1.77 bits per heavy atom. The summed E-state index contributed by atoms with van der Waals surface area (Å²) >= 11 is 1.30. The third-order valence-electron chi connectivity index (χ3n) is 6.44. The van der Waals surface area contributed by atoms with Crippen LogP contribution in [0.15, 0.2) is 79.7 Å². The molecule has 1 heterocycles. The van der Waals surface area contributed by atoms with Crippen molar-refractivity contribution < 1.29 is 9.52 Å². The predicted molar refractivity (Wildman–Crippen MR) is 126 cm³/mol. The van der Waals surface area contributed by atoms with Gasteiger partial charge in [0, 0.05) is 16.4 Å². The average molecular weight is 435 g/mol. The zero-order valence-corrected chi connectivity index (χ0v) is 19.1. The van der Waals surface area contributed by atoms with E-state index in [4.69, 9.17) is 4.42 Å². The minimum Gasteiger partial charge on any atom is -0.506 e. The first kappa shape index (κ1) is 21.8. The number of aryl methyl sites for hydroxylation is 1. The van der Waals surface area contributed by atoms with Gasteiger partial charge in [-0.1, -0.05) is 80.6 Å². The molecule has 0 bridgehead atoms. The van der Waals surface area contributed by atoms with Crippen molar-refractivity contribution in [3.8, 4) is 5.75 Å². The Morgan fingerprint density at radius 3 is 2.42 bits per heavy atom. The highest BCUT2D eigenvalue weighted by molar-refractivity contribution is 7.99. The molecule has 0 atom stereocenters. The van der Waals surface area contributed by atoms with Gasteiger partial charge >= 0.3 is 5.63 Å². The van der Waals surface area contributed by atoms with Gasteiger partial charge in [-0.3, -0.25) is 0 Å². The van der Waals surface area contributed by atoms with Gasteiger partial charge in [0.05, 0.1) is 0 Å². The summed E-state index contributed by atoms with van der Waals surface area (Å²) in [6.07, 6.45) is 6.16. The lowest BCUT2D eigenvalue weighted by atomic mass is 9.64. The fourth-order valence-corrected chi connectivity index (χ4v) is 5.56. The Kier molecular flexibility index (Phi) is 6.57. The molecular formula is C27H30O3S. The highest BCUT2D eigenvalue weighted by Gasteiger charge is 2.41. The molecule has 2 aromatic carbocycles. The summed E-state index contributed by atoms with van der Waals surface area (Å²) in [5, 5.41) is 10.8. The minimum atomic E-state index is -0.437. The van der Waals surface area contributed by atoms with E-state index in [0.717, 1.165) is 49.0 Å². The number of hydrogen-bond acceptors (Lipinski definition) is 4. The van der Waals surface area contributed by atoms with Crippen molar-refractivity contribution in [2.24, 2.45) is 0 Å². The molecule has 1 aliphatic rings. The first-order chi connectivity index (χ1) is 15.0. The molecule has 1 aromatic heterocycles. The van der Waals surface area contributed by atoms with Gasteiger partial charge in [0.1, 0.15) is 16.4 Å². The Labute approximate surface area is 188 Å². The lowest BCUT2D eigenvalue weighted by Gasteiger charge is -2.41. The molecule has 1 fully saturated rings. The Bertz CT molecular complexity index is 1080. The van der Waals surface area contributed by atoms with E-state index in [-0.39, 0.29) is 16.1 Å². The van der Waals surface area contributed by atoms with Gasteiger partial charge in [0.2, 0.25) is 0 Å². The van der Waals surface area contributed by atoms with Crippen LogP contribution in [0.5, 0.6) is 5.75 Å². The van der Waals surface area contributed by atoms with E-state index in [1.165, 1.54) is 17.3 Å². The topological polar surface area (TPSA) is 50.4 Å². The van der Waals surface area contributed by atoms with E-state index in [0.29, 0.717) is 11.7 Å². The van der Waals surface area contributed by atoms with Crippen molar-refractivity contribution in [2.45, 2.75) is 73.5 Å². The molecule has 0 saturated heterocycles. The van der Waals surface area contributed by atoms with Crippen LogP contribution in [0.1, 0.15) is 68.8 Å². The molecule has 162 valence electrons. The molecule has 0 amide bonds. The quantitative estimate of drug-likeness (QED) is 0.412. The van der Waals surface area contributed by atoms with Crippen LogP contribution >= 0.6 is 11.8 Å². The van der Waals surface area contributed by atoms with Gasteiger partial charge in [0.15, 0.2) is 0 Å². The average Bonchev–Trinajstić information content (AvgIpc) is 2.73. The van der Waals surface area contributed by atoms with Crippen LogP contribution in [0.25, 0.3) is 0 Å². The maximum absolute atomic E-state index is 12.9. The van der Waals surface area contributed by atoms with Crippen LogP contribution in [-0.4, -0.2) is 5.11 Å². The maximum Gasteiger partial charge on any atom is 0.353 e. The third-order valence-corrected chi connectivity index (χ3v) is 7.61. The standard InChI is InChI=1S/C27H30O3S/c1-19(2)21-13-6-7-14-23(21)31-25-22(28)18-24(30-26(25)29)27(16-9-17-27)15-8-12-20-10-4-3-5-11-20/h3-7,10-11,13-14,18-19,28H,8-9,12,15-17H2,1-2H3. The number of hydrogen-bond donors (Lipinski definition) is 1. The monoisotopic (exact) mass is 434 g/mol. The molecule has 4 rings (SSSR count). The predicted octanol–water partition coefficient (Wildman–Crippen LogP) is 7.06. The second kappa shape index (κ2) is 9.35. The fraction of sp³-hybridized carbons (Fsp3) is 0.370. The molecule has 4 heteroatoms. The first-order valence-electron chi connectivity index (χ1n) is 11.2. The molecule has 1 saturated carbocycles. The Balaban J connectivity index is 1.54. The van der Waals surface area contributed by atoms with E-state index in [1.807, 2.05) is 24.3 Å². The van der Waals surface area contributed by atoms with Crippen molar-refractivity contribution >= 4 is 11.8 Å². The smallest absolute Gasteiger partial charge is 0.353 e. The van der Waals surface area contributed by atoms with Crippen molar-refractivity contribution in [3.63, 3.8) is 0 Å². The van der Waals surface area contributed by atoms with E-state index < -0.39 is 5.63 Å². The molecule has 3 nitrogen and oxygen atoms in total. The van der Waals surface area contributed by atoms with Crippen molar-refractivity contribution in [1.29, 1.82) is 0 Å². The molecular weight excluding hydrogens is 404 g/mol. The summed E-state index contributed by atoms with van der Waals surface area (Å²) in [5.74, 6) is 1.01. The molecule has 0 radical (unpaired) electrons. The maximum atomic E-state index is 12.9.